The fourth-order valence-corrected chi connectivity index (χ4v) is 2.24. The van der Waals surface area contributed by atoms with E-state index in [9.17, 15) is 19.1 Å². The summed E-state index contributed by atoms with van der Waals surface area (Å²) in [4.78, 5) is 24.0. The molecule has 0 spiro atoms. The first-order valence-corrected chi connectivity index (χ1v) is 6.07. The number of hydrogen-bond donors (Lipinski definition) is 1. The number of hydrogen-bond acceptors (Lipinski definition) is 3. The van der Waals surface area contributed by atoms with Crippen molar-refractivity contribution in [2.75, 3.05) is 13.2 Å². The van der Waals surface area contributed by atoms with Gasteiger partial charge in [-0.25, -0.2) is 14.0 Å². The summed E-state index contributed by atoms with van der Waals surface area (Å²) in [6.45, 7) is 3.62. The summed E-state index contributed by atoms with van der Waals surface area (Å²) in [6, 6.07) is 4.70. The van der Waals surface area contributed by atoms with Crippen molar-refractivity contribution in [2.24, 2.45) is 0 Å². The first kappa shape index (κ1) is 14.0. The molecule has 2 atom stereocenters. The Morgan fingerprint density at radius 1 is 1.55 bits per heavy atom. The standard InChI is InChI=1S/C14H14FNO4/c1-2-6-20-14(19)16-8-11(12(16)13(17)18)9-4-3-5-10(15)7-9/h2-5,7,11-12H,1,6,8H2,(H,17,18)/t11-,12+/m1/s1. The number of amides is 1. The number of aliphatic carboxylic acids is 1. The summed E-state index contributed by atoms with van der Waals surface area (Å²) >= 11 is 0. The van der Waals surface area contributed by atoms with Crippen molar-refractivity contribution < 1.29 is 23.8 Å². The first-order chi connectivity index (χ1) is 9.54. The van der Waals surface area contributed by atoms with Crippen molar-refractivity contribution in [3.05, 3.63) is 48.3 Å². The topological polar surface area (TPSA) is 66.8 Å². The molecular formula is C14H14FNO4. The molecule has 1 fully saturated rings. The van der Waals surface area contributed by atoms with Gasteiger partial charge in [-0.1, -0.05) is 24.8 Å². The quantitative estimate of drug-likeness (QED) is 0.856. The van der Waals surface area contributed by atoms with Crippen LogP contribution in [0.4, 0.5) is 9.18 Å². The highest BCUT2D eigenvalue weighted by atomic mass is 19.1. The molecule has 0 bridgehead atoms. The molecule has 1 aromatic rings. The average molecular weight is 279 g/mol. The molecule has 1 aliphatic heterocycles. The molecule has 1 heterocycles. The van der Waals surface area contributed by atoms with Crippen LogP contribution in [0.3, 0.4) is 0 Å². The summed E-state index contributed by atoms with van der Waals surface area (Å²) in [5, 5.41) is 9.22. The Morgan fingerprint density at radius 3 is 2.90 bits per heavy atom. The Kier molecular flexibility index (Phi) is 4.02. The largest absolute Gasteiger partial charge is 0.480 e. The molecule has 0 unspecified atom stereocenters. The third-order valence-corrected chi connectivity index (χ3v) is 3.20. The van der Waals surface area contributed by atoms with Crippen LogP contribution in [0.1, 0.15) is 11.5 Å². The molecule has 1 saturated heterocycles. The number of ether oxygens (including phenoxy) is 1. The van der Waals surface area contributed by atoms with Crippen molar-refractivity contribution in [3.63, 3.8) is 0 Å². The maximum atomic E-state index is 13.2. The third kappa shape index (κ3) is 2.64. The highest BCUT2D eigenvalue weighted by Gasteiger charge is 2.48. The second kappa shape index (κ2) is 5.73. The monoisotopic (exact) mass is 279 g/mol. The van der Waals surface area contributed by atoms with Gasteiger partial charge in [0.25, 0.3) is 0 Å². The molecule has 1 amide bonds. The van der Waals surface area contributed by atoms with Gasteiger partial charge in [0.15, 0.2) is 0 Å². The molecule has 1 aromatic carbocycles. The van der Waals surface area contributed by atoms with E-state index in [1.165, 1.54) is 24.3 Å². The number of halogens is 1. The Labute approximate surface area is 115 Å². The molecule has 0 aliphatic carbocycles. The number of carbonyl (C=O) groups is 2. The molecule has 5 nitrogen and oxygen atoms in total. The Morgan fingerprint density at radius 2 is 2.30 bits per heavy atom. The van der Waals surface area contributed by atoms with Crippen molar-refractivity contribution in [1.29, 1.82) is 0 Å². The van der Waals surface area contributed by atoms with E-state index < -0.39 is 29.8 Å². The number of nitrogens with zero attached hydrogens (tertiary/aromatic N) is 1. The third-order valence-electron chi connectivity index (χ3n) is 3.20. The summed E-state index contributed by atoms with van der Waals surface area (Å²) in [5.41, 5.74) is 0.560. The van der Waals surface area contributed by atoms with Gasteiger partial charge in [-0.15, -0.1) is 0 Å². The number of benzene rings is 1. The van der Waals surface area contributed by atoms with Gasteiger partial charge in [-0.2, -0.15) is 0 Å². The lowest BCUT2D eigenvalue weighted by atomic mass is 9.83. The van der Waals surface area contributed by atoms with Gasteiger partial charge >= 0.3 is 12.1 Å². The minimum Gasteiger partial charge on any atom is -0.480 e. The second-order valence-corrected chi connectivity index (χ2v) is 4.46. The molecular weight excluding hydrogens is 265 g/mol. The van der Waals surface area contributed by atoms with E-state index in [1.807, 2.05) is 0 Å². The molecule has 2 rings (SSSR count). The van der Waals surface area contributed by atoms with Gasteiger partial charge in [0, 0.05) is 12.5 Å². The highest BCUT2D eigenvalue weighted by Crippen LogP contribution is 2.35. The highest BCUT2D eigenvalue weighted by molar-refractivity contribution is 5.83. The van der Waals surface area contributed by atoms with Gasteiger partial charge in [-0.3, -0.25) is 4.90 Å². The molecule has 106 valence electrons. The van der Waals surface area contributed by atoms with Crippen LogP contribution in [-0.4, -0.2) is 41.3 Å². The Bertz CT molecular complexity index is 546. The predicted molar refractivity (Wildman–Crippen MR) is 68.8 cm³/mol. The Hall–Kier alpha value is -2.37. The first-order valence-electron chi connectivity index (χ1n) is 6.07. The molecule has 6 heteroatoms. The van der Waals surface area contributed by atoms with Crippen LogP contribution in [0, 0.1) is 5.82 Å². The van der Waals surface area contributed by atoms with Crippen LogP contribution in [0.2, 0.25) is 0 Å². The molecule has 0 radical (unpaired) electrons. The van der Waals surface area contributed by atoms with Crippen LogP contribution < -0.4 is 0 Å². The van der Waals surface area contributed by atoms with E-state index in [0.29, 0.717) is 5.56 Å². The molecule has 20 heavy (non-hydrogen) atoms. The van der Waals surface area contributed by atoms with E-state index in [1.54, 1.807) is 6.07 Å². The number of carboxylic acid groups (broad SMARTS) is 1. The average Bonchev–Trinajstić information content (AvgIpc) is 2.34. The van der Waals surface area contributed by atoms with Crippen LogP contribution in [0.25, 0.3) is 0 Å². The van der Waals surface area contributed by atoms with Crippen molar-refractivity contribution >= 4 is 12.1 Å². The van der Waals surface area contributed by atoms with Crippen LogP contribution in [0.15, 0.2) is 36.9 Å². The second-order valence-electron chi connectivity index (χ2n) is 4.46. The molecule has 1 N–H and O–H groups in total. The number of carbonyl (C=O) groups excluding carboxylic acids is 1. The minimum atomic E-state index is -1.14. The van der Waals surface area contributed by atoms with E-state index in [-0.39, 0.29) is 13.2 Å². The summed E-state index contributed by atoms with van der Waals surface area (Å²) in [7, 11) is 0. The van der Waals surface area contributed by atoms with Gasteiger partial charge in [0.05, 0.1) is 0 Å². The van der Waals surface area contributed by atoms with Crippen molar-refractivity contribution in [1.82, 2.24) is 4.90 Å². The van der Waals surface area contributed by atoms with Crippen LogP contribution >= 0.6 is 0 Å². The van der Waals surface area contributed by atoms with Gasteiger partial charge in [0.1, 0.15) is 18.5 Å². The van der Waals surface area contributed by atoms with E-state index in [4.69, 9.17) is 4.74 Å². The van der Waals surface area contributed by atoms with E-state index >= 15 is 0 Å². The van der Waals surface area contributed by atoms with E-state index in [2.05, 4.69) is 6.58 Å². The van der Waals surface area contributed by atoms with Crippen molar-refractivity contribution in [3.8, 4) is 0 Å². The molecule has 0 saturated carbocycles. The molecule has 1 aliphatic rings. The summed E-state index contributed by atoms with van der Waals surface area (Å²) in [6.07, 6.45) is 0.697. The zero-order valence-corrected chi connectivity index (χ0v) is 10.7. The lowest BCUT2D eigenvalue weighted by Crippen LogP contribution is -2.60. The maximum Gasteiger partial charge on any atom is 0.410 e. The zero-order valence-electron chi connectivity index (χ0n) is 10.7. The number of rotatable bonds is 4. The van der Waals surface area contributed by atoms with Crippen molar-refractivity contribution in [2.45, 2.75) is 12.0 Å². The van der Waals surface area contributed by atoms with Gasteiger partial charge < -0.3 is 9.84 Å². The van der Waals surface area contributed by atoms with Gasteiger partial charge in [0.2, 0.25) is 0 Å². The van der Waals surface area contributed by atoms with E-state index in [0.717, 1.165) is 4.90 Å². The predicted octanol–water partition coefficient (Wildman–Crippen LogP) is 2.00. The van der Waals surface area contributed by atoms with Gasteiger partial charge in [-0.05, 0) is 17.7 Å². The smallest absolute Gasteiger partial charge is 0.410 e. The van der Waals surface area contributed by atoms with Crippen LogP contribution in [-0.2, 0) is 9.53 Å². The zero-order chi connectivity index (χ0) is 14.7. The lowest BCUT2D eigenvalue weighted by molar-refractivity contribution is -0.148. The SMILES string of the molecule is C=CCOC(=O)N1C[C@H](c2cccc(F)c2)[C@H]1C(=O)O. The maximum absolute atomic E-state index is 13.2. The minimum absolute atomic E-state index is 0.0201. The normalized spacial score (nSPS) is 20.9. The fourth-order valence-electron chi connectivity index (χ4n) is 2.24. The lowest BCUT2D eigenvalue weighted by Gasteiger charge is -2.44. The Balaban J connectivity index is 2.13. The fraction of sp³-hybridized carbons (Fsp3) is 0.286. The van der Waals surface area contributed by atoms with Crippen LogP contribution in [0.5, 0.6) is 0 Å². The molecule has 0 aromatic heterocycles. The number of carboxylic acids is 1. The number of likely N-dealkylation sites (tertiary alicyclic amines) is 1. The summed E-state index contributed by atoms with van der Waals surface area (Å²) in [5.74, 6) is -2.00. The summed E-state index contributed by atoms with van der Waals surface area (Å²) < 4.78 is 18.0.